The minimum Gasteiger partial charge on any atom is -0.318 e. The van der Waals surface area contributed by atoms with Gasteiger partial charge in [0.15, 0.2) is 0 Å². The lowest BCUT2D eigenvalue weighted by atomic mass is 9.72. The van der Waals surface area contributed by atoms with Gasteiger partial charge in [-0.25, -0.2) is 0 Å². The average molecular weight is 244 g/mol. The van der Waals surface area contributed by atoms with Crippen molar-refractivity contribution in [2.75, 3.05) is 12.9 Å². The van der Waals surface area contributed by atoms with Crippen LogP contribution < -0.4 is 0 Å². The van der Waals surface area contributed by atoms with Crippen LogP contribution in [-0.4, -0.2) is 23.7 Å². The maximum Gasteiger partial charge on any atom is 0.241 e. The molecule has 1 atom stereocenters. The predicted octanol–water partition coefficient (Wildman–Crippen LogP) is 3.41. The second kappa shape index (κ2) is 4.79. The number of carbonyl (C=O) groups excluding carboxylic acids is 1. The van der Waals surface area contributed by atoms with E-state index in [0.29, 0.717) is 5.92 Å². The third-order valence-corrected chi connectivity index (χ3v) is 3.82. The van der Waals surface area contributed by atoms with Crippen molar-refractivity contribution in [1.29, 1.82) is 0 Å². The molecule has 0 radical (unpaired) electrons. The van der Waals surface area contributed by atoms with E-state index in [-0.39, 0.29) is 17.2 Å². The number of amides is 1. The van der Waals surface area contributed by atoms with E-state index in [2.05, 4.69) is 27.7 Å². The zero-order chi connectivity index (χ0) is 12.5. The summed E-state index contributed by atoms with van der Waals surface area (Å²) in [5.41, 5.74) is 2.77. The Bertz CT molecular complexity index is 320. The second-order valence-corrected chi connectivity index (χ2v) is 5.93. The lowest BCUT2D eigenvalue weighted by Gasteiger charge is -2.39. The summed E-state index contributed by atoms with van der Waals surface area (Å²) in [5.74, 6) is 0.590. The number of allylic oxidation sites excluding steroid dienone is 2. The van der Waals surface area contributed by atoms with Crippen molar-refractivity contribution in [3.8, 4) is 0 Å². The quantitative estimate of drug-likeness (QED) is 0.681. The summed E-state index contributed by atoms with van der Waals surface area (Å²) in [7, 11) is 1.83. The molecule has 0 fully saturated rings. The molecule has 1 unspecified atom stereocenters. The molecule has 1 rings (SSSR count). The lowest BCUT2D eigenvalue weighted by molar-refractivity contribution is -0.125. The molecular weight excluding hydrogens is 222 g/mol. The van der Waals surface area contributed by atoms with Crippen LogP contribution in [0, 0.1) is 11.3 Å². The van der Waals surface area contributed by atoms with E-state index in [4.69, 9.17) is 11.6 Å². The van der Waals surface area contributed by atoms with Gasteiger partial charge in [0.05, 0.1) is 0 Å². The number of halogens is 1. The molecule has 0 aromatic carbocycles. The Balaban J connectivity index is 3.00. The minimum absolute atomic E-state index is 0.0130. The van der Waals surface area contributed by atoms with Crippen molar-refractivity contribution >= 4 is 17.5 Å². The van der Waals surface area contributed by atoms with Crippen molar-refractivity contribution in [2.45, 2.75) is 40.5 Å². The molecule has 92 valence electrons. The van der Waals surface area contributed by atoms with Crippen molar-refractivity contribution in [3.05, 3.63) is 11.3 Å². The van der Waals surface area contributed by atoms with Crippen LogP contribution in [-0.2, 0) is 4.79 Å². The normalized spacial score (nSPS) is 24.5. The highest BCUT2D eigenvalue weighted by atomic mass is 35.5. The molecule has 0 aromatic rings. The summed E-state index contributed by atoms with van der Waals surface area (Å²) >= 11 is 5.61. The molecule has 0 N–H and O–H groups in total. The summed E-state index contributed by atoms with van der Waals surface area (Å²) in [4.78, 5) is 13.4. The Morgan fingerprint density at radius 3 is 2.62 bits per heavy atom. The van der Waals surface area contributed by atoms with Crippen molar-refractivity contribution in [2.24, 2.45) is 11.3 Å². The number of rotatable bonds is 2. The number of hydrogen-bond donors (Lipinski definition) is 0. The Morgan fingerprint density at radius 2 is 2.12 bits per heavy atom. The van der Waals surface area contributed by atoms with Crippen LogP contribution in [0.15, 0.2) is 11.3 Å². The molecule has 0 saturated heterocycles. The maximum absolute atomic E-state index is 11.6. The minimum atomic E-state index is -0.0130. The third-order valence-electron chi connectivity index (χ3n) is 3.59. The fourth-order valence-corrected chi connectivity index (χ4v) is 2.73. The molecule has 0 heterocycles. The summed E-state index contributed by atoms with van der Waals surface area (Å²) in [6.07, 6.45) is 2.15. The maximum atomic E-state index is 11.6. The molecule has 3 heteroatoms. The topological polar surface area (TPSA) is 20.3 Å². The standard InChI is InChI=1S/C13H22ClNO/c1-9-6-13(3,4)7-11(10(9)2)15(5)12(16)8-14/h9H,6-8H2,1-5H3. The van der Waals surface area contributed by atoms with Gasteiger partial charge in [0, 0.05) is 12.7 Å². The van der Waals surface area contributed by atoms with Crippen molar-refractivity contribution in [3.63, 3.8) is 0 Å². The van der Waals surface area contributed by atoms with E-state index in [0.717, 1.165) is 12.1 Å². The molecule has 1 amide bonds. The van der Waals surface area contributed by atoms with Gasteiger partial charge in [-0.15, -0.1) is 11.6 Å². The zero-order valence-corrected chi connectivity index (χ0v) is 11.7. The first-order valence-electron chi connectivity index (χ1n) is 5.80. The van der Waals surface area contributed by atoms with Crippen LogP contribution in [0.4, 0.5) is 0 Å². The highest BCUT2D eigenvalue weighted by Crippen LogP contribution is 2.42. The highest BCUT2D eigenvalue weighted by molar-refractivity contribution is 6.27. The monoisotopic (exact) mass is 243 g/mol. The van der Waals surface area contributed by atoms with Gasteiger partial charge in [0.25, 0.3) is 0 Å². The number of alkyl halides is 1. The first kappa shape index (κ1) is 13.6. The van der Waals surface area contributed by atoms with E-state index in [1.54, 1.807) is 4.90 Å². The number of nitrogens with zero attached hydrogens (tertiary/aromatic N) is 1. The van der Waals surface area contributed by atoms with Gasteiger partial charge >= 0.3 is 0 Å². The van der Waals surface area contributed by atoms with Gasteiger partial charge in [-0.3, -0.25) is 4.79 Å². The van der Waals surface area contributed by atoms with Crippen molar-refractivity contribution in [1.82, 2.24) is 4.90 Å². The summed E-state index contributed by atoms with van der Waals surface area (Å²) in [5, 5.41) is 0. The summed E-state index contributed by atoms with van der Waals surface area (Å²) < 4.78 is 0. The second-order valence-electron chi connectivity index (χ2n) is 5.66. The molecule has 16 heavy (non-hydrogen) atoms. The van der Waals surface area contributed by atoms with Crippen LogP contribution in [0.25, 0.3) is 0 Å². The van der Waals surface area contributed by atoms with Crippen LogP contribution in [0.5, 0.6) is 0 Å². The Hall–Kier alpha value is -0.500. The number of carbonyl (C=O) groups is 1. The van der Waals surface area contributed by atoms with Crippen LogP contribution in [0.1, 0.15) is 40.5 Å². The van der Waals surface area contributed by atoms with E-state index in [9.17, 15) is 4.79 Å². The van der Waals surface area contributed by atoms with Crippen LogP contribution >= 0.6 is 11.6 Å². The van der Waals surface area contributed by atoms with Gasteiger partial charge in [0.1, 0.15) is 5.88 Å². The summed E-state index contributed by atoms with van der Waals surface area (Å²) in [6, 6.07) is 0. The fraction of sp³-hybridized carbons (Fsp3) is 0.769. The van der Waals surface area contributed by atoms with E-state index in [1.807, 2.05) is 7.05 Å². The van der Waals surface area contributed by atoms with Crippen LogP contribution in [0.2, 0.25) is 0 Å². The van der Waals surface area contributed by atoms with Gasteiger partial charge in [-0.05, 0) is 31.1 Å². The van der Waals surface area contributed by atoms with E-state index in [1.165, 1.54) is 12.0 Å². The fourth-order valence-electron chi connectivity index (χ4n) is 2.55. The molecule has 2 nitrogen and oxygen atoms in total. The van der Waals surface area contributed by atoms with Gasteiger partial charge in [0.2, 0.25) is 5.91 Å². The Labute approximate surface area is 104 Å². The van der Waals surface area contributed by atoms with Gasteiger partial charge < -0.3 is 4.90 Å². The molecule has 0 aromatic heterocycles. The van der Waals surface area contributed by atoms with Crippen molar-refractivity contribution < 1.29 is 4.79 Å². The molecule has 1 aliphatic carbocycles. The van der Waals surface area contributed by atoms with E-state index < -0.39 is 0 Å². The molecule has 0 saturated carbocycles. The molecule has 0 aliphatic heterocycles. The predicted molar refractivity (Wildman–Crippen MR) is 68.4 cm³/mol. The zero-order valence-electron chi connectivity index (χ0n) is 10.9. The Morgan fingerprint density at radius 1 is 1.56 bits per heavy atom. The van der Waals surface area contributed by atoms with E-state index >= 15 is 0 Å². The molecular formula is C13H22ClNO. The molecule has 1 aliphatic rings. The van der Waals surface area contributed by atoms with Crippen LogP contribution in [0.3, 0.4) is 0 Å². The first-order chi connectivity index (χ1) is 7.28. The smallest absolute Gasteiger partial charge is 0.241 e. The lowest BCUT2D eigenvalue weighted by Crippen LogP contribution is -2.34. The summed E-state index contributed by atoms with van der Waals surface area (Å²) in [6.45, 7) is 8.88. The molecule has 0 bridgehead atoms. The number of hydrogen-bond acceptors (Lipinski definition) is 1. The first-order valence-corrected chi connectivity index (χ1v) is 6.34. The third kappa shape index (κ3) is 2.79. The largest absolute Gasteiger partial charge is 0.318 e. The van der Waals surface area contributed by atoms with Gasteiger partial charge in [-0.2, -0.15) is 0 Å². The highest BCUT2D eigenvalue weighted by Gasteiger charge is 2.32. The Kier molecular flexibility index (Phi) is 4.06. The average Bonchev–Trinajstić information content (AvgIpc) is 2.20. The molecule has 0 spiro atoms. The van der Waals surface area contributed by atoms with Gasteiger partial charge in [-0.1, -0.05) is 26.3 Å². The SMILES string of the molecule is CC1=C(N(C)C(=O)CCl)CC(C)(C)CC1C.